The third-order valence-electron chi connectivity index (χ3n) is 3.69. The Hall–Kier alpha value is -0.500. The van der Waals surface area contributed by atoms with E-state index in [1.54, 1.807) is 0 Å². The van der Waals surface area contributed by atoms with Gasteiger partial charge < -0.3 is 5.73 Å². The number of benzene rings is 1. The number of hydrogen-bond donors (Lipinski definition) is 1. The molecule has 0 aromatic heterocycles. The molecule has 0 fully saturated rings. The number of halogens is 2. The molecule has 3 rings (SSSR count). The molecule has 3 unspecified atom stereocenters. The Morgan fingerprint density at radius 3 is 2.94 bits per heavy atom. The van der Waals surface area contributed by atoms with Gasteiger partial charge in [-0.2, -0.15) is 0 Å². The number of allylic oxidation sites excluding steroid dienone is 1. The quantitative estimate of drug-likeness (QED) is 0.708. The van der Waals surface area contributed by atoms with Crippen molar-refractivity contribution in [3.05, 3.63) is 46.5 Å². The molecular weight excluding hydrogens is 241 g/mol. The first-order valence-electron chi connectivity index (χ1n) is 5.46. The Balaban J connectivity index is 0.000000963. The summed E-state index contributed by atoms with van der Waals surface area (Å²) in [6, 6.07) is 6.52. The van der Waals surface area contributed by atoms with Gasteiger partial charge in [-0.3, -0.25) is 0 Å². The van der Waals surface area contributed by atoms with Crippen molar-refractivity contribution < 1.29 is 0 Å². The second-order valence-corrected chi connectivity index (χ2v) is 5.00. The maximum Gasteiger partial charge on any atom is 0.0408 e. The van der Waals surface area contributed by atoms with E-state index in [1.165, 1.54) is 11.1 Å². The van der Waals surface area contributed by atoms with Gasteiger partial charge in [0.05, 0.1) is 0 Å². The van der Waals surface area contributed by atoms with Crippen molar-refractivity contribution in [2.45, 2.75) is 24.8 Å². The molecule has 2 aliphatic carbocycles. The summed E-state index contributed by atoms with van der Waals surface area (Å²) in [5.41, 5.74) is 9.05. The average molecular weight is 256 g/mol. The van der Waals surface area contributed by atoms with Crippen molar-refractivity contribution in [1.29, 1.82) is 0 Å². The van der Waals surface area contributed by atoms with Gasteiger partial charge in [-0.05, 0) is 42.0 Å². The molecule has 3 heteroatoms. The Bertz CT molecular complexity index is 428. The number of fused-ring (bicyclic) bond motifs is 4. The van der Waals surface area contributed by atoms with Gasteiger partial charge in [0.2, 0.25) is 0 Å². The number of rotatable bonds is 0. The van der Waals surface area contributed by atoms with E-state index in [0.717, 1.165) is 17.9 Å². The molecule has 0 saturated heterocycles. The highest BCUT2D eigenvalue weighted by atomic mass is 35.5. The molecule has 3 atom stereocenters. The highest BCUT2D eigenvalue weighted by Gasteiger charge is 2.34. The van der Waals surface area contributed by atoms with Crippen LogP contribution in [0.15, 0.2) is 30.4 Å². The van der Waals surface area contributed by atoms with Crippen molar-refractivity contribution in [1.82, 2.24) is 0 Å². The maximum absolute atomic E-state index is 6.25. The summed E-state index contributed by atoms with van der Waals surface area (Å²) >= 11 is 6.02. The van der Waals surface area contributed by atoms with Crippen molar-refractivity contribution >= 4 is 24.0 Å². The zero-order valence-electron chi connectivity index (χ0n) is 8.90. The molecule has 2 N–H and O–H groups in total. The predicted octanol–water partition coefficient (Wildman–Crippen LogP) is 3.30. The van der Waals surface area contributed by atoms with Gasteiger partial charge in [-0.1, -0.05) is 29.8 Å². The molecule has 1 nitrogen and oxygen atoms in total. The summed E-state index contributed by atoms with van der Waals surface area (Å²) in [4.78, 5) is 0. The first-order valence-corrected chi connectivity index (χ1v) is 5.84. The van der Waals surface area contributed by atoms with E-state index >= 15 is 0 Å². The monoisotopic (exact) mass is 255 g/mol. The van der Waals surface area contributed by atoms with Crippen molar-refractivity contribution in [2.75, 3.05) is 0 Å². The average Bonchev–Trinajstić information content (AvgIpc) is 2.19. The van der Waals surface area contributed by atoms with Gasteiger partial charge in [0.25, 0.3) is 0 Å². The van der Waals surface area contributed by atoms with E-state index in [-0.39, 0.29) is 12.4 Å². The van der Waals surface area contributed by atoms with Crippen LogP contribution in [0.4, 0.5) is 0 Å². The van der Waals surface area contributed by atoms with Crippen molar-refractivity contribution in [2.24, 2.45) is 11.7 Å². The molecule has 2 aliphatic rings. The van der Waals surface area contributed by atoms with Gasteiger partial charge in [0, 0.05) is 17.0 Å². The van der Waals surface area contributed by atoms with Gasteiger partial charge in [-0.15, -0.1) is 12.4 Å². The van der Waals surface area contributed by atoms with Gasteiger partial charge in [0.15, 0.2) is 0 Å². The Morgan fingerprint density at radius 1 is 1.31 bits per heavy atom. The molecule has 0 saturated carbocycles. The summed E-state index contributed by atoms with van der Waals surface area (Å²) in [5.74, 6) is 1.01. The normalized spacial score (nSPS) is 30.5. The highest BCUT2D eigenvalue weighted by Crippen LogP contribution is 2.40. The molecular formula is C13H15Cl2N. The second kappa shape index (κ2) is 4.40. The molecule has 2 bridgehead atoms. The van der Waals surface area contributed by atoms with Crippen LogP contribution >= 0.6 is 24.0 Å². The summed E-state index contributed by atoms with van der Waals surface area (Å²) in [6.45, 7) is 0. The van der Waals surface area contributed by atoms with E-state index < -0.39 is 0 Å². The lowest BCUT2D eigenvalue weighted by Gasteiger charge is -2.38. The Kier molecular flexibility index (Phi) is 3.29. The van der Waals surface area contributed by atoms with E-state index in [4.69, 9.17) is 17.3 Å². The fourth-order valence-electron chi connectivity index (χ4n) is 2.89. The van der Waals surface area contributed by atoms with Crippen LogP contribution in [0.5, 0.6) is 0 Å². The third-order valence-corrected chi connectivity index (χ3v) is 3.93. The van der Waals surface area contributed by atoms with Crippen molar-refractivity contribution in [3.8, 4) is 0 Å². The molecule has 16 heavy (non-hydrogen) atoms. The topological polar surface area (TPSA) is 26.0 Å². The molecule has 0 radical (unpaired) electrons. The molecule has 0 amide bonds. The standard InChI is InChI=1S/C13H14ClN.ClH/c14-10-4-5-11-9(7-10)6-8-2-1-3-12(11)13(8)15;/h1-2,4-5,7-8,12-13H,3,6,15H2;1H. The number of nitrogens with two attached hydrogens (primary N) is 1. The SMILES string of the molecule is Cl.NC1C2C=CCC1c1ccc(Cl)cc1C2. The minimum Gasteiger partial charge on any atom is -0.327 e. The fraction of sp³-hybridized carbons (Fsp3) is 0.385. The van der Waals surface area contributed by atoms with E-state index in [0.29, 0.717) is 17.9 Å². The molecule has 1 aromatic carbocycles. The summed E-state index contributed by atoms with van der Waals surface area (Å²) in [5, 5.41) is 0.839. The Labute approximate surface area is 107 Å². The van der Waals surface area contributed by atoms with E-state index in [2.05, 4.69) is 24.3 Å². The van der Waals surface area contributed by atoms with Crippen LogP contribution in [0.2, 0.25) is 5.02 Å². The molecule has 0 spiro atoms. The van der Waals surface area contributed by atoms with Crippen LogP contribution in [-0.2, 0) is 6.42 Å². The van der Waals surface area contributed by atoms with Gasteiger partial charge in [0.1, 0.15) is 0 Å². The van der Waals surface area contributed by atoms with Crippen LogP contribution < -0.4 is 5.73 Å². The van der Waals surface area contributed by atoms with Crippen LogP contribution in [0, 0.1) is 5.92 Å². The first-order chi connectivity index (χ1) is 7.25. The number of hydrogen-bond acceptors (Lipinski definition) is 1. The third kappa shape index (κ3) is 1.77. The minimum atomic E-state index is 0. The zero-order chi connectivity index (χ0) is 10.4. The van der Waals surface area contributed by atoms with Crippen LogP contribution in [0.25, 0.3) is 0 Å². The lowest BCUT2D eigenvalue weighted by Crippen LogP contribution is -2.42. The lowest BCUT2D eigenvalue weighted by atomic mass is 9.69. The van der Waals surface area contributed by atoms with E-state index in [9.17, 15) is 0 Å². The smallest absolute Gasteiger partial charge is 0.0408 e. The predicted molar refractivity (Wildman–Crippen MR) is 70.4 cm³/mol. The van der Waals surface area contributed by atoms with Crippen molar-refractivity contribution in [3.63, 3.8) is 0 Å². The summed E-state index contributed by atoms with van der Waals surface area (Å²) in [6.07, 6.45) is 6.66. The molecule has 86 valence electrons. The summed E-state index contributed by atoms with van der Waals surface area (Å²) in [7, 11) is 0. The zero-order valence-corrected chi connectivity index (χ0v) is 10.5. The Morgan fingerprint density at radius 2 is 2.12 bits per heavy atom. The second-order valence-electron chi connectivity index (χ2n) is 4.56. The molecule has 0 heterocycles. The molecule has 1 aromatic rings. The lowest BCUT2D eigenvalue weighted by molar-refractivity contribution is 0.377. The van der Waals surface area contributed by atoms with Gasteiger partial charge in [-0.25, -0.2) is 0 Å². The largest absolute Gasteiger partial charge is 0.327 e. The van der Waals surface area contributed by atoms with Gasteiger partial charge >= 0.3 is 0 Å². The maximum atomic E-state index is 6.25. The highest BCUT2D eigenvalue weighted by molar-refractivity contribution is 6.30. The van der Waals surface area contributed by atoms with Crippen LogP contribution in [-0.4, -0.2) is 6.04 Å². The van der Waals surface area contributed by atoms with Crippen LogP contribution in [0.3, 0.4) is 0 Å². The fourth-order valence-corrected chi connectivity index (χ4v) is 3.08. The molecule has 0 aliphatic heterocycles. The van der Waals surface area contributed by atoms with Crippen LogP contribution in [0.1, 0.15) is 23.5 Å². The first kappa shape index (κ1) is 12.0. The summed E-state index contributed by atoms with van der Waals surface area (Å²) < 4.78 is 0. The minimum absolute atomic E-state index is 0. The van der Waals surface area contributed by atoms with E-state index in [1.807, 2.05) is 6.07 Å².